The van der Waals surface area contributed by atoms with E-state index in [2.05, 4.69) is 21.0 Å². The number of rotatable bonds is 3. The van der Waals surface area contributed by atoms with Crippen molar-refractivity contribution in [3.8, 4) is 28.1 Å². The Morgan fingerprint density at radius 2 is 1.62 bits per heavy atom. The van der Waals surface area contributed by atoms with Crippen molar-refractivity contribution in [2.45, 2.75) is 6.36 Å². The fourth-order valence-electron chi connectivity index (χ4n) is 2.20. The van der Waals surface area contributed by atoms with Gasteiger partial charge in [-0.25, -0.2) is 14.4 Å². The second kappa shape index (κ2) is 6.27. The zero-order chi connectivity index (χ0) is 17.2. The van der Waals surface area contributed by atoms with Gasteiger partial charge in [0, 0.05) is 17.3 Å². The van der Waals surface area contributed by atoms with E-state index >= 15 is 0 Å². The van der Waals surface area contributed by atoms with Gasteiger partial charge in [0.25, 0.3) is 0 Å². The maximum atomic E-state index is 14.0. The fourth-order valence-corrected chi connectivity index (χ4v) is 2.20. The molecule has 0 saturated heterocycles. The quantitative estimate of drug-likeness (QED) is 0.655. The van der Waals surface area contributed by atoms with E-state index in [0.717, 1.165) is 0 Å². The van der Waals surface area contributed by atoms with Crippen molar-refractivity contribution in [2.75, 3.05) is 0 Å². The standard InChI is InChI=1S/C17H9F4N2O/c18-15-4-2-1-3-13(15)16-14(9-22-10-23-16)11-5-7-12(8-6-11)24-17(19,20)21/h1-9H. The van der Waals surface area contributed by atoms with E-state index in [1.807, 2.05) is 0 Å². The van der Waals surface area contributed by atoms with Gasteiger partial charge in [-0.15, -0.1) is 13.2 Å². The number of hydrogen-bond acceptors (Lipinski definition) is 3. The Morgan fingerprint density at radius 1 is 0.917 bits per heavy atom. The number of nitrogens with zero attached hydrogens (tertiary/aromatic N) is 2. The summed E-state index contributed by atoms with van der Waals surface area (Å²) in [7, 11) is 0. The molecular weight excluding hydrogens is 324 g/mol. The van der Waals surface area contributed by atoms with Gasteiger partial charge in [-0.05, 0) is 29.8 Å². The van der Waals surface area contributed by atoms with Crippen LogP contribution in [0.2, 0.25) is 0 Å². The second-order valence-electron chi connectivity index (χ2n) is 4.78. The summed E-state index contributed by atoms with van der Waals surface area (Å²) < 4.78 is 54.5. The first-order chi connectivity index (χ1) is 11.4. The van der Waals surface area contributed by atoms with Crippen LogP contribution in [0.15, 0.2) is 54.7 Å². The van der Waals surface area contributed by atoms with Crippen molar-refractivity contribution in [3.63, 3.8) is 0 Å². The number of aromatic nitrogens is 2. The van der Waals surface area contributed by atoms with Gasteiger partial charge < -0.3 is 4.74 Å². The molecule has 0 N–H and O–H groups in total. The Hall–Kier alpha value is -2.96. The minimum absolute atomic E-state index is 0.252. The largest absolute Gasteiger partial charge is 0.573 e. The average molecular weight is 333 g/mol. The van der Waals surface area contributed by atoms with E-state index in [4.69, 9.17) is 0 Å². The summed E-state index contributed by atoms with van der Waals surface area (Å²) in [5, 5.41) is 0. The summed E-state index contributed by atoms with van der Waals surface area (Å²) >= 11 is 0. The van der Waals surface area contributed by atoms with E-state index in [0.29, 0.717) is 16.8 Å². The Labute approximate surface area is 134 Å². The highest BCUT2D eigenvalue weighted by Crippen LogP contribution is 2.32. The van der Waals surface area contributed by atoms with E-state index in [1.54, 1.807) is 18.2 Å². The topological polar surface area (TPSA) is 35.0 Å². The molecule has 1 aromatic heterocycles. The molecular formula is C17H9F4N2O. The first kappa shape index (κ1) is 15.9. The molecule has 3 rings (SSSR count). The minimum Gasteiger partial charge on any atom is -0.406 e. The summed E-state index contributed by atoms with van der Waals surface area (Å²) in [6.45, 7) is 0. The Bertz CT molecular complexity index is 848. The molecule has 0 bridgehead atoms. The molecule has 2 aromatic carbocycles. The maximum Gasteiger partial charge on any atom is 0.573 e. The molecule has 7 heteroatoms. The summed E-state index contributed by atoms with van der Waals surface area (Å²) in [5.41, 5.74) is 1.54. The second-order valence-corrected chi connectivity index (χ2v) is 4.78. The van der Waals surface area contributed by atoms with Crippen LogP contribution in [0.3, 0.4) is 0 Å². The van der Waals surface area contributed by atoms with E-state index in [1.165, 1.54) is 36.5 Å². The monoisotopic (exact) mass is 333 g/mol. The molecule has 0 amide bonds. The van der Waals surface area contributed by atoms with Gasteiger partial charge >= 0.3 is 6.36 Å². The fraction of sp³-hybridized carbons (Fsp3) is 0.0588. The summed E-state index contributed by atoms with van der Waals surface area (Å²) in [5.74, 6) is -0.815. The van der Waals surface area contributed by atoms with Crippen molar-refractivity contribution in [1.82, 2.24) is 9.97 Å². The maximum absolute atomic E-state index is 14.0. The van der Waals surface area contributed by atoms with Crippen LogP contribution in [0.4, 0.5) is 17.6 Å². The van der Waals surface area contributed by atoms with Crippen LogP contribution < -0.4 is 4.74 Å². The molecule has 0 atom stereocenters. The molecule has 1 heterocycles. The third-order valence-electron chi connectivity index (χ3n) is 3.20. The molecule has 3 nitrogen and oxygen atoms in total. The molecule has 121 valence electrons. The van der Waals surface area contributed by atoms with Crippen molar-refractivity contribution in [3.05, 3.63) is 66.9 Å². The molecule has 0 fully saturated rings. The number of benzene rings is 2. The van der Waals surface area contributed by atoms with E-state index in [-0.39, 0.29) is 11.3 Å². The van der Waals surface area contributed by atoms with Crippen LogP contribution in [0.25, 0.3) is 22.4 Å². The first-order valence-corrected chi connectivity index (χ1v) is 6.78. The number of ether oxygens (including phenoxy) is 1. The lowest BCUT2D eigenvalue weighted by molar-refractivity contribution is -0.274. The van der Waals surface area contributed by atoms with Crippen molar-refractivity contribution in [2.24, 2.45) is 0 Å². The van der Waals surface area contributed by atoms with Crippen LogP contribution >= 0.6 is 0 Å². The van der Waals surface area contributed by atoms with Crippen molar-refractivity contribution in [1.29, 1.82) is 0 Å². The van der Waals surface area contributed by atoms with Gasteiger partial charge in [0.1, 0.15) is 11.6 Å². The van der Waals surface area contributed by atoms with Crippen LogP contribution in [-0.4, -0.2) is 16.3 Å². The highest BCUT2D eigenvalue weighted by atomic mass is 19.4. The van der Waals surface area contributed by atoms with Crippen LogP contribution in [0.1, 0.15) is 0 Å². The zero-order valence-electron chi connectivity index (χ0n) is 12.0. The average Bonchev–Trinajstić information content (AvgIpc) is 2.55. The van der Waals surface area contributed by atoms with E-state index < -0.39 is 12.2 Å². The molecule has 0 aliphatic rings. The molecule has 0 saturated carbocycles. The summed E-state index contributed by atoms with van der Waals surface area (Å²) in [6.07, 6.45) is -0.935. The lowest BCUT2D eigenvalue weighted by atomic mass is 10.0. The predicted octanol–water partition coefficient (Wildman–Crippen LogP) is 4.65. The predicted molar refractivity (Wildman–Crippen MR) is 78.4 cm³/mol. The Balaban J connectivity index is 2.01. The highest BCUT2D eigenvalue weighted by molar-refractivity contribution is 5.80. The molecule has 3 aromatic rings. The third-order valence-corrected chi connectivity index (χ3v) is 3.20. The molecule has 0 aliphatic carbocycles. The van der Waals surface area contributed by atoms with Gasteiger partial charge in [-0.3, -0.25) is 0 Å². The lowest BCUT2D eigenvalue weighted by Crippen LogP contribution is -2.16. The van der Waals surface area contributed by atoms with Gasteiger partial charge in [0.15, 0.2) is 6.33 Å². The van der Waals surface area contributed by atoms with Crippen LogP contribution in [0.5, 0.6) is 5.75 Å². The normalized spacial score (nSPS) is 11.3. The smallest absolute Gasteiger partial charge is 0.406 e. The lowest BCUT2D eigenvalue weighted by Gasteiger charge is -2.11. The zero-order valence-corrected chi connectivity index (χ0v) is 12.0. The van der Waals surface area contributed by atoms with E-state index in [9.17, 15) is 17.6 Å². The van der Waals surface area contributed by atoms with Gasteiger partial charge in [-0.2, -0.15) is 0 Å². The van der Waals surface area contributed by atoms with Crippen molar-refractivity contribution >= 4 is 0 Å². The molecule has 0 unspecified atom stereocenters. The Kier molecular flexibility index (Phi) is 4.16. The number of alkyl halides is 3. The van der Waals surface area contributed by atoms with Gasteiger partial charge in [0.2, 0.25) is 0 Å². The number of hydrogen-bond donors (Lipinski definition) is 0. The van der Waals surface area contributed by atoms with Gasteiger partial charge in [-0.1, -0.05) is 24.3 Å². The number of halogens is 4. The van der Waals surface area contributed by atoms with Gasteiger partial charge in [0.05, 0.1) is 5.69 Å². The minimum atomic E-state index is -4.76. The highest BCUT2D eigenvalue weighted by Gasteiger charge is 2.31. The molecule has 0 aliphatic heterocycles. The summed E-state index contributed by atoms with van der Waals surface area (Å²) in [4.78, 5) is 7.77. The SMILES string of the molecule is Fc1ccccc1-c1n[c]ncc1-c1ccc(OC(F)(F)F)cc1. The Morgan fingerprint density at radius 3 is 2.29 bits per heavy atom. The third kappa shape index (κ3) is 3.51. The molecule has 1 radical (unpaired) electrons. The molecule has 0 spiro atoms. The molecule has 24 heavy (non-hydrogen) atoms. The summed E-state index contributed by atoms with van der Waals surface area (Å²) in [6, 6.07) is 11.2. The van der Waals surface area contributed by atoms with Crippen molar-refractivity contribution < 1.29 is 22.3 Å². The van der Waals surface area contributed by atoms with Crippen LogP contribution in [-0.2, 0) is 0 Å². The first-order valence-electron chi connectivity index (χ1n) is 6.78. The van der Waals surface area contributed by atoms with Crippen LogP contribution in [0, 0.1) is 12.1 Å².